The van der Waals surface area contributed by atoms with Crippen molar-refractivity contribution in [3.8, 4) is 11.4 Å². The smallest absolute Gasteiger partial charge is 0.337 e. The Labute approximate surface area is 137 Å². The van der Waals surface area contributed by atoms with Gasteiger partial charge in [-0.25, -0.2) is 9.48 Å². The molecule has 0 aliphatic heterocycles. The molecule has 9 heteroatoms. The Kier molecular flexibility index (Phi) is 4.84. The molecule has 0 radical (unpaired) electrons. The number of aromatic nitrogens is 3. The third kappa shape index (κ3) is 3.51. The molecule has 0 fully saturated rings. The standard InChI is InChI=1S/C15H18N4O5/c1-9-12(13(20)16-8-15(2,23)14(21)22)17-18-19(9)10-4-6-11(24-3)7-5-10/h4-7,23H,8H2,1-3H3,(H,16,20)(H,21,22). The average Bonchev–Trinajstić information content (AvgIpc) is 2.94. The number of carboxylic acids is 1. The molecule has 128 valence electrons. The molecule has 1 heterocycles. The predicted octanol–water partition coefficient (Wildman–Crippen LogP) is 0.150. The van der Waals surface area contributed by atoms with Crippen molar-refractivity contribution in [1.82, 2.24) is 20.3 Å². The summed E-state index contributed by atoms with van der Waals surface area (Å²) in [5.74, 6) is -1.36. The van der Waals surface area contributed by atoms with E-state index in [-0.39, 0.29) is 5.69 Å². The Bertz CT molecular complexity index is 752. The Hall–Kier alpha value is -2.94. The minimum absolute atomic E-state index is 0.0482. The van der Waals surface area contributed by atoms with E-state index in [1.54, 1.807) is 38.3 Å². The van der Waals surface area contributed by atoms with Crippen LogP contribution in [0.2, 0.25) is 0 Å². The van der Waals surface area contributed by atoms with Crippen molar-refractivity contribution in [3.63, 3.8) is 0 Å². The van der Waals surface area contributed by atoms with Crippen LogP contribution in [0.25, 0.3) is 5.69 Å². The number of amides is 1. The van der Waals surface area contributed by atoms with Crippen molar-refractivity contribution in [2.45, 2.75) is 19.4 Å². The van der Waals surface area contributed by atoms with E-state index in [1.165, 1.54) is 4.68 Å². The van der Waals surface area contributed by atoms with E-state index in [9.17, 15) is 14.7 Å². The zero-order chi connectivity index (χ0) is 17.9. The van der Waals surface area contributed by atoms with Crippen LogP contribution in [0.15, 0.2) is 24.3 Å². The molecule has 1 amide bonds. The summed E-state index contributed by atoms with van der Waals surface area (Å²) in [4.78, 5) is 23.0. The second-order valence-electron chi connectivity index (χ2n) is 5.39. The van der Waals surface area contributed by atoms with Gasteiger partial charge in [0.15, 0.2) is 11.3 Å². The number of nitrogens with zero attached hydrogens (tertiary/aromatic N) is 3. The van der Waals surface area contributed by atoms with Gasteiger partial charge in [0.25, 0.3) is 5.91 Å². The number of carbonyl (C=O) groups excluding carboxylic acids is 1. The Morgan fingerprint density at radius 1 is 1.33 bits per heavy atom. The highest BCUT2D eigenvalue weighted by atomic mass is 16.5. The lowest BCUT2D eigenvalue weighted by atomic mass is 10.1. The highest BCUT2D eigenvalue weighted by molar-refractivity contribution is 5.93. The molecule has 3 N–H and O–H groups in total. The largest absolute Gasteiger partial charge is 0.497 e. The molecular weight excluding hydrogens is 316 g/mol. The van der Waals surface area contributed by atoms with E-state index in [0.29, 0.717) is 17.1 Å². The van der Waals surface area contributed by atoms with E-state index < -0.39 is 24.0 Å². The maximum atomic E-state index is 12.1. The zero-order valence-electron chi connectivity index (χ0n) is 13.5. The van der Waals surface area contributed by atoms with Gasteiger partial charge >= 0.3 is 5.97 Å². The molecule has 1 aromatic heterocycles. The lowest BCUT2D eigenvalue weighted by Crippen LogP contribution is -2.46. The Morgan fingerprint density at radius 3 is 2.50 bits per heavy atom. The number of aliphatic carboxylic acids is 1. The lowest BCUT2D eigenvalue weighted by molar-refractivity contribution is -0.155. The first-order valence-corrected chi connectivity index (χ1v) is 7.07. The van der Waals surface area contributed by atoms with Crippen molar-refractivity contribution >= 4 is 11.9 Å². The second kappa shape index (κ2) is 6.67. The van der Waals surface area contributed by atoms with E-state index in [1.807, 2.05) is 0 Å². The Balaban J connectivity index is 2.16. The fourth-order valence-corrected chi connectivity index (χ4v) is 1.92. The number of nitrogens with one attached hydrogen (secondary N) is 1. The molecule has 1 atom stereocenters. The monoisotopic (exact) mass is 334 g/mol. The van der Waals surface area contributed by atoms with Crippen molar-refractivity contribution in [1.29, 1.82) is 0 Å². The number of hydrogen-bond acceptors (Lipinski definition) is 6. The first-order valence-electron chi connectivity index (χ1n) is 7.07. The summed E-state index contributed by atoms with van der Waals surface area (Å²) in [5.41, 5.74) is -0.841. The van der Waals surface area contributed by atoms with Crippen LogP contribution in [-0.2, 0) is 4.79 Å². The second-order valence-corrected chi connectivity index (χ2v) is 5.39. The zero-order valence-corrected chi connectivity index (χ0v) is 13.5. The van der Waals surface area contributed by atoms with Crippen LogP contribution in [-0.4, -0.2) is 56.3 Å². The van der Waals surface area contributed by atoms with Gasteiger partial charge in [-0.1, -0.05) is 5.21 Å². The number of rotatable bonds is 6. The van der Waals surface area contributed by atoms with Crippen LogP contribution in [0, 0.1) is 6.92 Å². The van der Waals surface area contributed by atoms with Gasteiger partial charge in [0.2, 0.25) is 0 Å². The fraction of sp³-hybridized carbons (Fsp3) is 0.333. The topological polar surface area (TPSA) is 127 Å². The van der Waals surface area contributed by atoms with Crippen LogP contribution in [0.4, 0.5) is 0 Å². The molecule has 0 aliphatic carbocycles. The summed E-state index contributed by atoms with van der Waals surface area (Å²) in [5, 5.41) is 28.5. The summed E-state index contributed by atoms with van der Waals surface area (Å²) in [6.07, 6.45) is 0. The molecule has 9 nitrogen and oxygen atoms in total. The van der Waals surface area contributed by atoms with Crippen LogP contribution in [0.3, 0.4) is 0 Å². The number of hydrogen-bond donors (Lipinski definition) is 3. The van der Waals surface area contributed by atoms with Gasteiger partial charge in [-0.2, -0.15) is 0 Å². The molecule has 2 aromatic rings. The van der Waals surface area contributed by atoms with Gasteiger partial charge in [0, 0.05) is 0 Å². The maximum Gasteiger partial charge on any atom is 0.337 e. The van der Waals surface area contributed by atoms with Gasteiger partial charge in [0.1, 0.15) is 5.75 Å². The fourth-order valence-electron chi connectivity index (χ4n) is 1.92. The third-order valence-electron chi connectivity index (χ3n) is 3.48. The number of carboxylic acid groups (broad SMARTS) is 1. The van der Waals surface area contributed by atoms with E-state index in [0.717, 1.165) is 6.92 Å². The van der Waals surface area contributed by atoms with Gasteiger partial charge in [-0.3, -0.25) is 4.79 Å². The minimum Gasteiger partial charge on any atom is -0.497 e. The lowest BCUT2D eigenvalue weighted by Gasteiger charge is -2.17. The van der Waals surface area contributed by atoms with Gasteiger partial charge < -0.3 is 20.3 Å². The van der Waals surface area contributed by atoms with Crippen molar-refractivity contribution in [2.75, 3.05) is 13.7 Å². The van der Waals surface area contributed by atoms with Gasteiger partial charge in [0.05, 0.1) is 25.0 Å². The van der Waals surface area contributed by atoms with Crippen LogP contribution in [0.1, 0.15) is 23.1 Å². The number of aliphatic hydroxyl groups is 1. The number of methoxy groups -OCH3 is 1. The molecule has 0 saturated heterocycles. The van der Waals surface area contributed by atoms with E-state index in [2.05, 4.69) is 15.6 Å². The molecule has 0 saturated carbocycles. The predicted molar refractivity (Wildman–Crippen MR) is 83.2 cm³/mol. The Morgan fingerprint density at radius 2 is 1.96 bits per heavy atom. The first-order chi connectivity index (χ1) is 11.3. The molecule has 0 aliphatic rings. The third-order valence-corrected chi connectivity index (χ3v) is 3.48. The molecule has 1 unspecified atom stereocenters. The van der Waals surface area contributed by atoms with E-state index in [4.69, 9.17) is 9.84 Å². The van der Waals surface area contributed by atoms with Crippen molar-refractivity contribution < 1.29 is 24.5 Å². The molecule has 1 aromatic carbocycles. The summed E-state index contributed by atoms with van der Waals surface area (Å²) in [6, 6.07) is 7.02. The summed E-state index contributed by atoms with van der Waals surface area (Å²) >= 11 is 0. The highest BCUT2D eigenvalue weighted by Gasteiger charge is 2.31. The number of carbonyl (C=O) groups is 2. The van der Waals surface area contributed by atoms with Crippen LogP contribution < -0.4 is 10.1 Å². The molecule has 0 bridgehead atoms. The summed E-state index contributed by atoms with van der Waals surface area (Å²) < 4.78 is 6.56. The van der Waals surface area contributed by atoms with Crippen molar-refractivity contribution in [3.05, 3.63) is 35.7 Å². The van der Waals surface area contributed by atoms with Gasteiger partial charge in [-0.05, 0) is 38.1 Å². The van der Waals surface area contributed by atoms with Gasteiger partial charge in [-0.15, -0.1) is 5.10 Å². The summed E-state index contributed by atoms with van der Waals surface area (Å²) in [6.45, 7) is 2.31. The summed E-state index contributed by atoms with van der Waals surface area (Å²) in [7, 11) is 1.56. The quantitative estimate of drug-likeness (QED) is 0.686. The van der Waals surface area contributed by atoms with Crippen molar-refractivity contribution in [2.24, 2.45) is 0 Å². The average molecular weight is 334 g/mol. The van der Waals surface area contributed by atoms with Crippen LogP contribution in [0.5, 0.6) is 5.75 Å². The van der Waals surface area contributed by atoms with E-state index >= 15 is 0 Å². The minimum atomic E-state index is -2.06. The number of ether oxygens (including phenoxy) is 1. The molecule has 0 spiro atoms. The SMILES string of the molecule is COc1ccc(-n2nnc(C(=O)NCC(C)(O)C(=O)O)c2C)cc1. The first kappa shape index (κ1) is 17.4. The molecule has 24 heavy (non-hydrogen) atoms. The highest BCUT2D eigenvalue weighted by Crippen LogP contribution is 2.16. The normalized spacial score (nSPS) is 13.2. The number of benzene rings is 1. The van der Waals surface area contributed by atoms with Crippen LogP contribution >= 0.6 is 0 Å². The molecule has 2 rings (SSSR count). The molecular formula is C15H18N4O5. The maximum absolute atomic E-state index is 12.1.